The van der Waals surface area contributed by atoms with Crippen molar-refractivity contribution in [1.29, 1.82) is 0 Å². The molecule has 0 saturated carbocycles. The van der Waals surface area contributed by atoms with Gasteiger partial charge >= 0.3 is 5.97 Å². The van der Waals surface area contributed by atoms with Crippen LogP contribution in [0.1, 0.15) is 19.7 Å². The molecule has 0 N–H and O–H groups in total. The summed E-state index contributed by atoms with van der Waals surface area (Å²) in [4.78, 5) is 15.0. The van der Waals surface area contributed by atoms with E-state index in [1.54, 1.807) is 11.0 Å². The normalized spacial score (nSPS) is 10.6. The van der Waals surface area contributed by atoms with Crippen molar-refractivity contribution in [1.82, 2.24) is 14.8 Å². The highest BCUT2D eigenvalue weighted by Gasteiger charge is 2.07. The van der Waals surface area contributed by atoms with Gasteiger partial charge in [-0.1, -0.05) is 13.8 Å². The molecule has 0 saturated heterocycles. The molecule has 0 fully saturated rings. The van der Waals surface area contributed by atoms with E-state index in [1.807, 2.05) is 20.8 Å². The Morgan fingerprint density at radius 1 is 1.64 bits per heavy atom. The molecule has 0 unspecified atom stereocenters. The van der Waals surface area contributed by atoms with Crippen LogP contribution in [-0.4, -0.2) is 27.3 Å². The average molecular weight is 197 g/mol. The number of carbonyl (C=O) groups excluding carboxylic acids is 1. The molecule has 0 radical (unpaired) electrons. The van der Waals surface area contributed by atoms with Crippen molar-refractivity contribution >= 4 is 5.97 Å². The molecule has 0 aliphatic carbocycles. The molecular formula is C9H15N3O2. The molecule has 1 rings (SSSR count). The molecule has 0 atom stereocenters. The van der Waals surface area contributed by atoms with E-state index >= 15 is 0 Å². The molecule has 78 valence electrons. The molecule has 5 nitrogen and oxygen atoms in total. The summed E-state index contributed by atoms with van der Waals surface area (Å²) in [5.74, 6) is 0.467. The molecule has 0 amide bonds. The predicted molar refractivity (Wildman–Crippen MR) is 50.6 cm³/mol. The molecular weight excluding hydrogens is 182 g/mol. The summed E-state index contributed by atoms with van der Waals surface area (Å²) in [5.41, 5.74) is 0. The SMILES string of the molecule is Cc1ncn(CCOC(=O)C(C)C)n1. The number of esters is 1. The third kappa shape index (κ3) is 3.16. The highest BCUT2D eigenvalue weighted by Crippen LogP contribution is 1.96. The molecule has 1 heterocycles. The second kappa shape index (κ2) is 4.74. The van der Waals surface area contributed by atoms with Gasteiger partial charge in [-0.15, -0.1) is 0 Å². The second-order valence-corrected chi connectivity index (χ2v) is 3.38. The number of carbonyl (C=O) groups is 1. The van der Waals surface area contributed by atoms with Gasteiger partial charge in [0.15, 0.2) is 0 Å². The quantitative estimate of drug-likeness (QED) is 0.669. The van der Waals surface area contributed by atoms with Crippen molar-refractivity contribution in [3.05, 3.63) is 12.2 Å². The summed E-state index contributed by atoms with van der Waals surface area (Å²) in [5, 5.41) is 4.07. The Kier molecular flexibility index (Phi) is 3.62. The fourth-order valence-electron chi connectivity index (χ4n) is 0.902. The number of nitrogens with zero attached hydrogens (tertiary/aromatic N) is 3. The number of hydrogen-bond acceptors (Lipinski definition) is 4. The van der Waals surface area contributed by atoms with Gasteiger partial charge in [-0.2, -0.15) is 5.10 Å². The van der Waals surface area contributed by atoms with Crippen LogP contribution in [0.25, 0.3) is 0 Å². The van der Waals surface area contributed by atoms with Gasteiger partial charge < -0.3 is 4.74 Å². The third-order valence-electron chi connectivity index (χ3n) is 1.69. The Labute approximate surface area is 83.1 Å². The van der Waals surface area contributed by atoms with Crippen LogP contribution in [0.15, 0.2) is 6.33 Å². The fraction of sp³-hybridized carbons (Fsp3) is 0.667. The zero-order chi connectivity index (χ0) is 10.6. The first-order valence-corrected chi connectivity index (χ1v) is 4.62. The summed E-state index contributed by atoms with van der Waals surface area (Å²) in [6.07, 6.45) is 1.62. The zero-order valence-corrected chi connectivity index (χ0v) is 8.73. The molecule has 5 heteroatoms. The van der Waals surface area contributed by atoms with E-state index < -0.39 is 0 Å². The number of hydrogen-bond donors (Lipinski definition) is 0. The van der Waals surface area contributed by atoms with E-state index in [0.29, 0.717) is 13.2 Å². The summed E-state index contributed by atoms with van der Waals surface area (Å²) >= 11 is 0. The Balaban J connectivity index is 2.25. The van der Waals surface area contributed by atoms with Crippen molar-refractivity contribution in [3.8, 4) is 0 Å². The lowest BCUT2D eigenvalue weighted by Gasteiger charge is -2.06. The van der Waals surface area contributed by atoms with Gasteiger partial charge in [-0.05, 0) is 6.92 Å². The van der Waals surface area contributed by atoms with Crippen LogP contribution < -0.4 is 0 Å². The van der Waals surface area contributed by atoms with Crippen molar-refractivity contribution in [2.45, 2.75) is 27.3 Å². The molecule has 14 heavy (non-hydrogen) atoms. The molecule has 1 aromatic rings. The van der Waals surface area contributed by atoms with Crippen LogP contribution >= 0.6 is 0 Å². The van der Waals surface area contributed by atoms with Gasteiger partial charge in [0.25, 0.3) is 0 Å². The minimum atomic E-state index is -0.179. The van der Waals surface area contributed by atoms with E-state index in [4.69, 9.17) is 4.74 Å². The Morgan fingerprint density at radius 2 is 2.36 bits per heavy atom. The van der Waals surface area contributed by atoms with Crippen molar-refractivity contribution in [2.24, 2.45) is 5.92 Å². The molecule has 0 aliphatic rings. The molecule has 1 aromatic heterocycles. The highest BCUT2D eigenvalue weighted by molar-refractivity contribution is 5.71. The summed E-state index contributed by atoms with van der Waals surface area (Å²) < 4.78 is 6.64. The monoisotopic (exact) mass is 197 g/mol. The number of rotatable bonds is 4. The first kappa shape index (κ1) is 10.7. The number of aromatic nitrogens is 3. The maximum absolute atomic E-state index is 11.1. The minimum Gasteiger partial charge on any atom is -0.464 e. The van der Waals surface area contributed by atoms with Crippen LogP contribution in [0.2, 0.25) is 0 Å². The van der Waals surface area contributed by atoms with Crippen LogP contribution in [0, 0.1) is 12.8 Å². The molecule has 0 spiro atoms. The first-order chi connectivity index (χ1) is 6.59. The smallest absolute Gasteiger partial charge is 0.308 e. The lowest BCUT2D eigenvalue weighted by Crippen LogP contribution is -2.15. The van der Waals surface area contributed by atoms with Gasteiger partial charge in [-0.3, -0.25) is 4.79 Å². The van der Waals surface area contributed by atoms with E-state index in [2.05, 4.69) is 10.1 Å². The summed E-state index contributed by atoms with van der Waals surface area (Å²) in [7, 11) is 0. The van der Waals surface area contributed by atoms with E-state index in [9.17, 15) is 4.79 Å². The molecule has 0 bridgehead atoms. The number of ether oxygens (including phenoxy) is 1. The van der Waals surface area contributed by atoms with E-state index in [-0.39, 0.29) is 11.9 Å². The average Bonchev–Trinajstić information content (AvgIpc) is 2.51. The molecule has 0 aromatic carbocycles. The lowest BCUT2D eigenvalue weighted by molar-refractivity contribution is -0.147. The van der Waals surface area contributed by atoms with Crippen molar-refractivity contribution in [2.75, 3.05) is 6.61 Å². The maximum atomic E-state index is 11.1. The summed E-state index contributed by atoms with van der Waals surface area (Å²) in [6.45, 7) is 6.33. The van der Waals surface area contributed by atoms with E-state index in [0.717, 1.165) is 5.82 Å². The molecule has 0 aliphatic heterocycles. The lowest BCUT2D eigenvalue weighted by atomic mass is 10.2. The van der Waals surface area contributed by atoms with Gasteiger partial charge in [0, 0.05) is 0 Å². The van der Waals surface area contributed by atoms with Crippen molar-refractivity contribution in [3.63, 3.8) is 0 Å². The second-order valence-electron chi connectivity index (χ2n) is 3.38. The largest absolute Gasteiger partial charge is 0.464 e. The predicted octanol–water partition coefficient (Wildman–Crippen LogP) is 0.786. The van der Waals surface area contributed by atoms with Crippen molar-refractivity contribution < 1.29 is 9.53 Å². The van der Waals surface area contributed by atoms with Crippen LogP contribution in [0.3, 0.4) is 0 Å². The number of aryl methyl sites for hydroxylation is 1. The van der Waals surface area contributed by atoms with E-state index in [1.165, 1.54) is 0 Å². The Morgan fingerprint density at radius 3 is 2.86 bits per heavy atom. The zero-order valence-electron chi connectivity index (χ0n) is 8.73. The maximum Gasteiger partial charge on any atom is 0.308 e. The standard InChI is InChI=1S/C9H15N3O2/c1-7(2)9(13)14-5-4-12-6-10-8(3)11-12/h6-7H,4-5H2,1-3H3. The van der Waals surface area contributed by atoms with Crippen LogP contribution in [0.4, 0.5) is 0 Å². The van der Waals surface area contributed by atoms with Gasteiger partial charge in [-0.25, -0.2) is 9.67 Å². The topological polar surface area (TPSA) is 57.0 Å². The van der Waals surface area contributed by atoms with Crippen LogP contribution in [-0.2, 0) is 16.1 Å². The first-order valence-electron chi connectivity index (χ1n) is 4.62. The highest BCUT2D eigenvalue weighted by atomic mass is 16.5. The van der Waals surface area contributed by atoms with Gasteiger partial charge in [0.1, 0.15) is 18.8 Å². The Bertz CT molecular complexity index is 307. The van der Waals surface area contributed by atoms with Crippen LogP contribution in [0.5, 0.6) is 0 Å². The Hall–Kier alpha value is -1.39. The fourth-order valence-corrected chi connectivity index (χ4v) is 0.902. The van der Waals surface area contributed by atoms with Gasteiger partial charge in [0.05, 0.1) is 12.5 Å². The third-order valence-corrected chi connectivity index (χ3v) is 1.69. The van der Waals surface area contributed by atoms with Gasteiger partial charge in [0.2, 0.25) is 0 Å². The summed E-state index contributed by atoms with van der Waals surface area (Å²) in [6, 6.07) is 0. The minimum absolute atomic E-state index is 0.0764.